The molecule has 1 saturated heterocycles. The Morgan fingerprint density at radius 3 is 1.96 bits per heavy atom. The Bertz CT molecular complexity index is 276. The molecule has 0 radical (unpaired) electrons. The minimum atomic E-state index is 0.767. The molecule has 0 aromatic rings. The van der Waals surface area contributed by atoms with Gasteiger partial charge in [0.05, 0.1) is 0 Å². The summed E-state index contributed by atoms with van der Waals surface area (Å²) < 4.78 is 0. The maximum atomic E-state index is 3.53. The molecule has 3 nitrogen and oxygen atoms in total. The summed E-state index contributed by atoms with van der Waals surface area (Å²) in [6.45, 7) is 18.1. The number of nitrogens with zero attached hydrogens (tertiary/aromatic N) is 2. The van der Waals surface area contributed by atoms with Crippen LogP contribution in [-0.4, -0.2) is 61.7 Å². The van der Waals surface area contributed by atoms with Gasteiger partial charge in [0, 0.05) is 51.9 Å². The van der Waals surface area contributed by atoms with Gasteiger partial charge in [0.2, 0.25) is 0 Å². The molecule has 1 heterocycles. The standard InChI is InChI=1S/C20H41N3/c1-17(2)14-22(15-18(3)4)16-20(19-8-6-5-7-9-19)23-12-10-21-11-13-23/h17-21H,5-16H2,1-4H3. The van der Waals surface area contributed by atoms with Crippen molar-refractivity contribution < 1.29 is 0 Å². The van der Waals surface area contributed by atoms with E-state index < -0.39 is 0 Å². The van der Waals surface area contributed by atoms with Gasteiger partial charge >= 0.3 is 0 Å². The summed E-state index contributed by atoms with van der Waals surface area (Å²) in [5, 5.41) is 3.53. The van der Waals surface area contributed by atoms with Crippen LogP contribution in [0, 0.1) is 17.8 Å². The van der Waals surface area contributed by atoms with Gasteiger partial charge in [-0.05, 0) is 30.6 Å². The Morgan fingerprint density at radius 1 is 0.870 bits per heavy atom. The SMILES string of the molecule is CC(C)CN(CC(C)C)CC(C1CCCCC1)N1CCNCC1. The van der Waals surface area contributed by atoms with Gasteiger partial charge in [-0.3, -0.25) is 4.90 Å². The van der Waals surface area contributed by atoms with Crippen LogP contribution in [0.3, 0.4) is 0 Å². The molecule has 0 amide bonds. The van der Waals surface area contributed by atoms with Gasteiger partial charge in [-0.2, -0.15) is 0 Å². The molecule has 2 aliphatic rings. The summed E-state index contributed by atoms with van der Waals surface area (Å²) in [5.74, 6) is 2.47. The van der Waals surface area contributed by atoms with Crippen molar-refractivity contribution in [2.24, 2.45) is 17.8 Å². The summed E-state index contributed by atoms with van der Waals surface area (Å²) in [4.78, 5) is 5.59. The monoisotopic (exact) mass is 323 g/mol. The first-order chi connectivity index (χ1) is 11.1. The molecule has 0 aromatic carbocycles. The van der Waals surface area contributed by atoms with Crippen molar-refractivity contribution >= 4 is 0 Å². The normalized spacial score (nSPS) is 23.1. The van der Waals surface area contributed by atoms with Crippen molar-refractivity contribution in [3.8, 4) is 0 Å². The molecule has 2 rings (SSSR count). The van der Waals surface area contributed by atoms with Crippen LogP contribution in [0.15, 0.2) is 0 Å². The zero-order chi connectivity index (χ0) is 16.7. The first-order valence-corrected chi connectivity index (χ1v) is 10.2. The summed E-state index contributed by atoms with van der Waals surface area (Å²) in [6.07, 6.45) is 7.31. The van der Waals surface area contributed by atoms with Crippen LogP contribution in [0.1, 0.15) is 59.8 Å². The molecule has 3 heteroatoms. The molecule has 136 valence electrons. The molecule has 1 unspecified atom stereocenters. The van der Waals surface area contributed by atoms with E-state index >= 15 is 0 Å². The summed E-state index contributed by atoms with van der Waals surface area (Å²) in [6, 6.07) is 0.787. The summed E-state index contributed by atoms with van der Waals surface area (Å²) in [5.41, 5.74) is 0. The predicted octanol–water partition coefficient (Wildman–Crippen LogP) is 3.45. The maximum Gasteiger partial charge on any atom is 0.0252 e. The van der Waals surface area contributed by atoms with E-state index in [0.717, 1.165) is 23.8 Å². The maximum absolute atomic E-state index is 3.53. The van der Waals surface area contributed by atoms with E-state index in [1.54, 1.807) is 0 Å². The quantitative estimate of drug-likeness (QED) is 0.738. The van der Waals surface area contributed by atoms with E-state index in [9.17, 15) is 0 Å². The predicted molar refractivity (Wildman–Crippen MR) is 101 cm³/mol. The minimum absolute atomic E-state index is 0.767. The summed E-state index contributed by atoms with van der Waals surface area (Å²) in [7, 11) is 0. The van der Waals surface area contributed by atoms with Crippen molar-refractivity contribution in [1.29, 1.82) is 0 Å². The van der Waals surface area contributed by atoms with Crippen molar-refractivity contribution in [1.82, 2.24) is 15.1 Å². The number of hydrogen-bond donors (Lipinski definition) is 1. The molecule has 1 saturated carbocycles. The Balaban J connectivity index is 2.03. The highest BCUT2D eigenvalue weighted by atomic mass is 15.3. The Kier molecular flexibility index (Phi) is 8.35. The molecule has 0 bridgehead atoms. The smallest absolute Gasteiger partial charge is 0.0252 e. The summed E-state index contributed by atoms with van der Waals surface area (Å²) >= 11 is 0. The molecule has 23 heavy (non-hydrogen) atoms. The van der Waals surface area contributed by atoms with E-state index in [2.05, 4.69) is 42.8 Å². The van der Waals surface area contributed by atoms with Gasteiger partial charge in [0.25, 0.3) is 0 Å². The van der Waals surface area contributed by atoms with Crippen LogP contribution >= 0.6 is 0 Å². The van der Waals surface area contributed by atoms with Crippen LogP contribution in [-0.2, 0) is 0 Å². The van der Waals surface area contributed by atoms with E-state index in [0.29, 0.717) is 0 Å². The molecule has 1 aliphatic heterocycles. The van der Waals surface area contributed by atoms with Gasteiger partial charge < -0.3 is 10.2 Å². The highest BCUT2D eigenvalue weighted by molar-refractivity contribution is 4.87. The molecule has 0 spiro atoms. The van der Waals surface area contributed by atoms with E-state index in [4.69, 9.17) is 0 Å². The van der Waals surface area contributed by atoms with Crippen LogP contribution in [0.25, 0.3) is 0 Å². The fourth-order valence-corrected chi connectivity index (χ4v) is 4.62. The Labute approximate surface area is 145 Å². The number of piperazine rings is 1. The second kappa shape index (κ2) is 10.0. The number of hydrogen-bond acceptors (Lipinski definition) is 3. The van der Waals surface area contributed by atoms with Gasteiger partial charge in [-0.15, -0.1) is 0 Å². The lowest BCUT2D eigenvalue weighted by molar-refractivity contribution is 0.0616. The van der Waals surface area contributed by atoms with Crippen molar-refractivity contribution in [2.75, 3.05) is 45.8 Å². The van der Waals surface area contributed by atoms with Crippen molar-refractivity contribution in [2.45, 2.75) is 65.8 Å². The molecule has 1 aliphatic carbocycles. The molecular weight excluding hydrogens is 282 g/mol. The van der Waals surface area contributed by atoms with Crippen molar-refractivity contribution in [3.63, 3.8) is 0 Å². The largest absolute Gasteiger partial charge is 0.314 e. The highest BCUT2D eigenvalue weighted by Crippen LogP contribution is 2.30. The third kappa shape index (κ3) is 6.72. The number of nitrogens with one attached hydrogen (secondary N) is 1. The van der Waals surface area contributed by atoms with E-state index in [1.807, 2.05) is 0 Å². The second-order valence-electron chi connectivity index (χ2n) is 8.76. The molecule has 1 N–H and O–H groups in total. The lowest BCUT2D eigenvalue weighted by Crippen LogP contribution is -2.55. The van der Waals surface area contributed by atoms with Crippen LogP contribution in [0.2, 0.25) is 0 Å². The lowest BCUT2D eigenvalue weighted by atomic mass is 9.82. The fraction of sp³-hybridized carbons (Fsp3) is 1.00. The minimum Gasteiger partial charge on any atom is -0.314 e. The first kappa shape index (κ1) is 19.2. The molecule has 2 fully saturated rings. The van der Waals surface area contributed by atoms with Gasteiger partial charge in [-0.25, -0.2) is 0 Å². The lowest BCUT2D eigenvalue weighted by Gasteiger charge is -2.43. The average molecular weight is 324 g/mol. The zero-order valence-electron chi connectivity index (χ0n) is 16.2. The molecule has 1 atom stereocenters. The van der Waals surface area contributed by atoms with Gasteiger partial charge in [0.15, 0.2) is 0 Å². The third-order valence-electron chi connectivity index (χ3n) is 5.51. The zero-order valence-corrected chi connectivity index (χ0v) is 16.2. The molecular formula is C20H41N3. The molecule has 0 aromatic heterocycles. The third-order valence-corrected chi connectivity index (χ3v) is 5.51. The average Bonchev–Trinajstić information content (AvgIpc) is 2.53. The van der Waals surface area contributed by atoms with E-state index in [1.165, 1.54) is 77.9 Å². The highest BCUT2D eigenvalue weighted by Gasteiger charge is 2.31. The topological polar surface area (TPSA) is 18.5 Å². The Hall–Kier alpha value is -0.120. The fourth-order valence-electron chi connectivity index (χ4n) is 4.62. The first-order valence-electron chi connectivity index (χ1n) is 10.2. The van der Waals surface area contributed by atoms with Crippen LogP contribution < -0.4 is 5.32 Å². The van der Waals surface area contributed by atoms with Gasteiger partial charge in [0.1, 0.15) is 0 Å². The van der Waals surface area contributed by atoms with E-state index in [-0.39, 0.29) is 0 Å². The number of rotatable bonds is 8. The Morgan fingerprint density at radius 2 is 1.43 bits per heavy atom. The van der Waals surface area contributed by atoms with Crippen LogP contribution in [0.5, 0.6) is 0 Å². The van der Waals surface area contributed by atoms with Gasteiger partial charge in [-0.1, -0.05) is 47.0 Å². The van der Waals surface area contributed by atoms with Crippen LogP contribution in [0.4, 0.5) is 0 Å². The second-order valence-corrected chi connectivity index (χ2v) is 8.76. The van der Waals surface area contributed by atoms with Crippen molar-refractivity contribution in [3.05, 3.63) is 0 Å².